The molecule has 1 saturated heterocycles. The molecule has 0 radical (unpaired) electrons. The van der Waals surface area contributed by atoms with Gasteiger partial charge in [-0.05, 0) is 25.3 Å². The van der Waals surface area contributed by atoms with Crippen LogP contribution in [0.4, 0.5) is 5.82 Å². The number of piperidine rings is 1. The summed E-state index contributed by atoms with van der Waals surface area (Å²) in [6.07, 6.45) is 3.51. The molecule has 6 nitrogen and oxygen atoms in total. The Morgan fingerprint density at radius 3 is 2.72 bits per heavy atom. The summed E-state index contributed by atoms with van der Waals surface area (Å²) in [7, 11) is 1.29. The van der Waals surface area contributed by atoms with Crippen molar-refractivity contribution in [1.82, 2.24) is 9.78 Å². The van der Waals surface area contributed by atoms with Gasteiger partial charge in [0, 0.05) is 19.2 Å². The molecule has 6 heteroatoms. The van der Waals surface area contributed by atoms with Crippen LogP contribution in [0.15, 0.2) is 16.9 Å². The monoisotopic (exact) mass is 251 g/mol. The van der Waals surface area contributed by atoms with Gasteiger partial charge in [-0.2, -0.15) is 5.10 Å². The number of rotatable bonds is 3. The zero-order chi connectivity index (χ0) is 13.0. The lowest BCUT2D eigenvalue weighted by Gasteiger charge is -2.27. The van der Waals surface area contributed by atoms with Gasteiger partial charge < -0.3 is 9.64 Å². The Hall–Kier alpha value is -1.85. The summed E-state index contributed by atoms with van der Waals surface area (Å²) in [4.78, 5) is 24.9. The maximum absolute atomic E-state index is 11.6. The maximum atomic E-state index is 11.6. The normalized spacial score (nSPS) is 15.5. The molecule has 0 spiro atoms. The molecular weight excluding hydrogens is 234 g/mol. The SMILES string of the molecule is COC(=O)Cn1nc(N2CCCCC2)ccc1=O. The van der Waals surface area contributed by atoms with Crippen LogP contribution in [0.2, 0.25) is 0 Å². The van der Waals surface area contributed by atoms with E-state index < -0.39 is 5.97 Å². The maximum Gasteiger partial charge on any atom is 0.327 e. The van der Waals surface area contributed by atoms with E-state index in [-0.39, 0.29) is 12.1 Å². The molecule has 1 aromatic heterocycles. The summed E-state index contributed by atoms with van der Waals surface area (Å²) in [6.45, 7) is 1.75. The summed E-state index contributed by atoms with van der Waals surface area (Å²) in [5.74, 6) is 0.276. The third-order valence-corrected chi connectivity index (χ3v) is 3.04. The first-order valence-electron chi connectivity index (χ1n) is 6.10. The van der Waals surface area contributed by atoms with Crippen LogP contribution in [0.25, 0.3) is 0 Å². The van der Waals surface area contributed by atoms with Gasteiger partial charge in [0.15, 0.2) is 0 Å². The summed E-state index contributed by atoms with van der Waals surface area (Å²) in [5.41, 5.74) is -0.291. The number of ether oxygens (including phenoxy) is 1. The Kier molecular flexibility index (Phi) is 3.96. The lowest BCUT2D eigenvalue weighted by molar-refractivity contribution is -0.141. The molecule has 2 heterocycles. The molecule has 0 aromatic carbocycles. The fourth-order valence-electron chi connectivity index (χ4n) is 2.03. The Morgan fingerprint density at radius 1 is 1.33 bits per heavy atom. The molecule has 0 atom stereocenters. The molecule has 0 N–H and O–H groups in total. The molecule has 0 aliphatic carbocycles. The lowest BCUT2D eigenvalue weighted by atomic mass is 10.1. The van der Waals surface area contributed by atoms with E-state index in [1.807, 2.05) is 0 Å². The average Bonchev–Trinajstić information content (AvgIpc) is 2.42. The molecule has 1 fully saturated rings. The molecule has 1 aliphatic rings. The van der Waals surface area contributed by atoms with E-state index in [0.29, 0.717) is 0 Å². The minimum Gasteiger partial charge on any atom is -0.468 e. The van der Waals surface area contributed by atoms with Crippen LogP contribution in [-0.4, -0.2) is 35.9 Å². The Morgan fingerprint density at radius 2 is 2.06 bits per heavy atom. The van der Waals surface area contributed by atoms with Gasteiger partial charge in [-0.3, -0.25) is 9.59 Å². The highest BCUT2D eigenvalue weighted by Gasteiger charge is 2.14. The third kappa shape index (κ3) is 2.88. The van der Waals surface area contributed by atoms with Crippen LogP contribution in [0.1, 0.15) is 19.3 Å². The second kappa shape index (κ2) is 5.66. The van der Waals surface area contributed by atoms with Crippen LogP contribution >= 0.6 is 0 Å². The van der Waals surface area contributed by atoms with Gasteiger partial charge in [0.2, 0.25) is 0 Å². The molecule has 0 bridgehead atoms. The minimum absolute atomic E-state index is 0.142. The third-order valence-electron chi connectivity index (χ3n) is 3.04. The first-order chi connectivity index (χ1) is 8.70. The van der Waals surface area contributed by atoms with Crippen molar-refractivity contribution < 1.29 is 9.53 Å². The predicted molar refractivity (Wildman–Crippen MR) is 66.6 cm³/mol. The quantitative estimate of drug-likeness (QED) is 0.728. The molecule has 98 valence electrons. The number of anilines is 1. The standard InChI is InChI=1S/C12H17N3O3/c1-18-12(17)9-15-11(16)6-5-10(13-15)14-7-3-2-4-8-14/h5-6H,2-4,7-9H2,1H3. The van der Waals surface area contributed by atoms with E-state index in [1.54, 1.807) is 6.07 Å². The topological polar surface area (TPSA) is 64.4 Å². The fourth-order valence-corrected chi connectivity index (χ4v) is 2.03. The van der Waals surface area contributed by atoms with Gasteiger partial charge in [0.05, 0.1) is 7.11 Å². The Labute approximate surface area is 105 Å². The van der Waals surface area contributed by atoms with Crippen LogP contribution < -0.4 is 10.5 Å². The summed E-state index contributed by atoms with van der Waals surface area (Å²) in [5, 5.41) is 4.21. The zero-order valence-electron chi connectivity index (χ0n) is 10.5. The van der Waals surface area contributed by atoms with E-state index >= 15 is 0 Å². The van der Waals surface area contributed by atoms with Crippen molar-refractivity contribution in [1.29, 1.82) is 0 Å². The van der Waals surface area contributed by atoms with Crippen molar-refractivity contribution >= 4 is 11.8 Å². The van der Waals surface area contributed by atoms with Gasteiger partial charge in [-0.1, -0.05) is 0 Å². The van der Waals surface area contributed by atoms with Gasteiger partial charge >= 0.3 is 5.97 Å². The van der Waals surface area contributed by atoms with E-state index in [9.17, 15) is 9.59 Å². The van der Waals surface area contributed by atoms with Crippen molar-refractivity contribution in [2.45, 2.75) is 25.8 Å². The smallest absolute Gasteiger partial charge is 0.327 e. The fraction of sp³-hybridized carbons (Fsp3) is 0.583. The van der Waals surface area contributed by atoms with Gasteiger partial charge in [-0.15, -0.1) is 0 Å². The summed E-state index contributed by atoms with van der Waals surface area (Å²) in [6, 6.07) is 3.15. The number of esters is 1. The van der Waals surface area contributed by atoms with E-state index in [2.05, 4.69) is 14.7 Å². The van der Waals surface area contributed by atoms with Crippen molar-refractivity contribution in [2.24, 2.45) is 0 Å². The van der Waals surface area contributed by atoms with Crippen LogP contribution in [0.5, 0.6) is 0 Å². The number of hydrogen-bond acceptors (Lipinski definition) is 5. The average molecular weight is 251 g/mol. The zero-order valence-corrected chi connectivity index (χ0v) is 10.5. The summed E-state index contributed by atoms with van der Waals surface area (Å²) >= 11 is 0. The molecule has 1 aliphatic heterocycles. The molecule has 0 amide bonds. The van der Waals surface area contributed by atoms with E-state index in [1.165, 1.54) is 19.6 Å². The van der Waals surface area contributed by atoms with Crippen molar-refractivity contribution in [3.05, 3.63) is 22.5 Å². The van der Waals surface area contributed by atoms with Gasteiger partial charge in [0.25, 0.3) is 5.56 Å². The minimum atomic E-state index is -0.472. The summed E-state index contributed by atoms with van der Waals surface area (Å²) < 4.78 is 5.69. The van der Waals surface area contributed by atoms with Crippen LogP contribution in [0.3, 0.4) is 0 Å². The number of methoxy groups -OCH3 is 1. The van der Waals surface area contributed by atoms with Crippen LogP contribution in [0, 0.1) is 0 Å². The van der Waals surface area contributed by atoms with Crippen molar-refractivity contribution in [2.75, 3.05) is 25.1 Å². The highest BCUT2D eigenvalue weighted by Crippen LogP contribution is 2.15. The number of aromatic nitrogens is 2. The second-order valence-corrected chi connectivity index (χ2v) is 4.31. The highest BCUT2D eigenvalue weighted by molar-refractivity contribution is 5.68. The molecule has 18 heavy (non-hydrogen) atoms. The van der Waals surface area contributed by atoms with E-state index in [0.717, 1.165) is 36.4 Å². The highest BCUT2D eigenvalue weighted by atomic mass is 16.5. The molecule has 1 aromatic rings. The van der Waals surface area contributed by atoms with Crippen molar-refractivity contribution in [3.63, 3.8) is 0 Å². The van der Waals surface area contributed by atoms with Crippen LogP contribution in [-0.2, 0) is 16.1 Å². The molecule has 2 rings (SSSR count). The first kappa shape index (κ1) is 12.6. The predicted octanol–water partition coefficient (Wildman–Crippen LogP) is 0.407. The first-order valence-corrected chi connectivity index (χ1v) is 6.10. The number of carbonyl (C=O) groups is 1. The largest absolute Gasteiger partial charge is 0.468 e. The number of nitrogens with zero attached hydrogens (tertiary/aromatic N) is 3. The second-order valence-electron chi connectivity index (χ2n) is 4.31. The number of carbonyl (C=O) groups excluding carboxylic acids is 1. The Bertz CT molecular complexity index is 478. The number of hydrogen-bond donors (Lipinski definition) is 0. The lowest BCUT2D eigenvalue weighted by Crippen LogP contribution is -2.34. The molecule has 0 saturated carbocycles. The molecular formula is C12H17N3O3. The van der Waals surface area contributed by atoms with Gasteiger partial charge in [0.1, 0.15) is 12.4 Å². The Balaban J connectivity index is 2.19. The van der Waals surface area contributed by atoms with Gasteiger partial charge in [-0.25, -0.2) is 4.68 Å². The van der Waals surface area contributed by atoms with Crippen molar-refractivity contribution in [3.8, 4) is 0 Å². The molecule has 0 unspecified atom stereocenters. The van der Waals surface area contributed by atoms with E-state index in [4.69, 9.17) is 0 Å².